The van der Waals surface area contributed by atoms with E-state index < -0.39 is 5.82 Å². The maximum Gasteiger partial charge on any atom is 0.196 e. The normalized spacial score (nSPS) is 10.3. The molecule has 0 amide bonds. The van der Waals surface area contributed by atoms with Crippen LogP contribution >= 0.6 is 0 Å². The third-order valence-corrected chi connectivity index (χ3v) is 3.30. The molecule has 0 aromatic heterocycles. The van der Waals surface area contributed by atoms with Gasteiger partial charge in [0.15, 0.2) is 17.3 Å². The van der Waals surface area contributed by atoms with Crippen LogP contribution in [0.2, 0.25) is 0 Å². The van der Waals surface area contributed by atoms with Crippen LogP contribution in [0.25, 0.3) is 0 Å². The Morgan fingerprint density at radius 1 is 1.00 bits per heavy atom. The SMILES string of the molecule is COc1ccc(C(=O)c2c(C)cc(C)cc2F)cc1OC. The molecule has 110 valence electrons. The van der Waals surface area contributed by atoms with Crippen LogP contribution < -0.4 is 9.47 Å². The van der Waals surface area contributed by atoms with E-state index in [1.54, 1.807) is 38.1 Å². The van der Waals surface area contributed by atoms with E-state index in [0.717, 1.165) is 5.56 Å². The van der Waals surface area contributed by atoms with Gasteiger partial charge in [-0.15, -0.1) is 0 Å². The van der Waals surface area contributed by atoms with Crippen LogP contribution in [0, 0.1) is 19.7 Å². The molecule has 3 nitrogen and oxygen atoms in total. The molecule has 0 aliphatic rings. The summed E-state index contributed by atoms with van der Waals surface area (Å²) < 4.78 is 24.4. The molecule has 21 heavy (non-hydrogen) atoms. The van der Waals surface area contributed by atoms with Crippen molar-refractivity contribution in [3.63, 3.8) is 0 Å². The second-order valence-corrected chi connectivity index (χ2v) is 4.84. The molecule has 0 spiro atoms. The highest BCUT2D eigenvalue weighted by atomic mass is 19.1. The zero-order valence-electron chi connectivity index (χ0n) is 12.5. The fourth-order valence-electron chi connectivity index (χ4n) is 2.33. The Morgan fingerprint density at radius 3 is 2.24 bits per heavy atom. The molecule has 0 heterocycles. The summed E-state index contributed by atoms with van der Waals surface area (Å²) in [6, 6.07) is 7.94. The first kappa shape index (κ1) is 15.0. The highest BCUT2D eigenvalue weighted by Crippen LogP contribution is 2.29. The van der Waals surface area contributed by atoms with Crippen molar-refractivity contribution in [1.82, 2.24) is 0 Å². The number of carbonyl (C=O) groups is 1. The Labute approximate surface area is 123 Å². The van der Waals surface area contributed by atoms with Crippen LogP contribution in [-0.4, -0.2) is 20.0 Å². The summed E-state index contributed by atoms with van der Waals surface area (Å²) in [4.78, 5) is 12.5. The molecule has 0 atom stereocenters. The van der Waals surface area contributed by atoms with Gasteiger partial charge in [0.2, 0.25) is 0 Å². The molecule has 2 rings (SSSR count). The first-order valence-corrected chi connectivity index (χ1v) is 6.51. The Kier molecular flexibility index (Phi) is 4.26. The first-order chi connectivity index (χ1) is 9.97. The molecule has 0 radical (unpaired) electrons. The summed E-state index contributed by atoms with van der Waals surface area (Å²) in [5.74, 6) is 0.0851. The quantitative estimate of drug-likeness (QED) is 0.805. The van der Waals surface area contributed by atoms with E-state index in [-0.39, 0.29) is 11.3 Å². The van der Waals surface area contributed by atoms with E-state index in [1.165, 1.54) is 20.3 Å². The van der Waals surface area contributed by atoms with Crippen molar-refractivity contribution in [3.8, 4) is 11.5 Å². The predicted octanol–water partition coefficient (Wildman–Crippen LogP) is 3.69. The number of carbonyl (C=O) groups excluding carboxylic acids is 1. The van der Waals surface area contributed by atoms with E-state index in [9.17, 15) is 9.18 Å². The number of benzene rings is 2. The number of aryl methyl sites for hydroxylation is 2. The lowest BCUT2D eigenvalue weighted by Crippen LogP contribution is -2.08. The van der Waals surface area contributed by atoms with E-state index in [2.05, 4.69) is 0 Å². The van der Waals surface area contributed by atoms with Gasteiger partial charge in [-0.05, 0) is 49.2 Å². The Hall–Kier alpha value is -2.36. The monoisotopic (exact) mass is 288 g/mol. The number of ether oxygens (including phenoxy) is 2. The molecule has 0 aliphatic heterocycles. The number of rotatable bonds is 4. The highest BCUT2D eigenvalue weighted by Gasteiger charge is 2.18. The molecular weight excluding hydrogens is 271 g/mol. The fraction of sp³-hybridized carbons (Fsp3) is 0.235. The van der Waals surface area contributed by atoms with Gasteiger partial charge in [-0.25, -0.2) is 4.39 Å². The Balaban J connectivity index is 2.50. The van der Waals surface area contributed by atoms with Crippen molar-refractivity contribution >= 4 is 5.78 Å². The summed E-state index contributed by atoms with van der Waals surface area (Å²) in [5, 5.41) is 0. The minimum absolute atomic E-state index is 0.0906. The van der Waals surface area contributed by atoms with Crippen LogP contribution in [0.5, 0.6) is 11.5 Å². The summed E-state index contributed by atoms with van der Waals surface area (Å²) in [6.07, 6.45) is 0. The van der Waals surface area contributed by atoms with Gasteiger partial charge in [-0.3, -0.25) is 4.79 Å². The van der Waals surface area contributed by atoms with Crippen molar-refractivity contribution in [2.45, 2.75) is 13.8 Å². The number of ketones is 1. The van der Waals surface area contributed by atoms with Crippen LogP contribution in [0.4, 0.5) is 4.39 Å². The van der Waals surface area contributed by atoms with E-state index >= 15 is 0 Å². The van der Waals surface area contributed by atoms with Gasteiger partial charge in [0, 0.05) is 5.56 Å². The fourth-order valence-corrected chi connectivity index (χ4v) is 2.33. The number of hydrogen-bond acceptors (Lipinski definition) is 3. The second kappa shape index (κ2) is 5.95. The van der Waals surface area contributed by atoms with Crippen LogP contribution in [0.1, 0.15) is 27.0 Å². The maximum atomic E-state index is 14.1. The van der Waals surface area contributed by atoms with Crippen LogP contribution in [0.15, 0.2) is 30.3 Å². The maximum absolute atomic E-state index is 14.1. The van der Waals surface area contributed by atoms with Crippen LogP contribution in [0.3, 0.4) is 0 Å². The molecule has 2 aromatic carbocycles. The number of methoxy groups -OCH3 is 2. The van der Waals surface area contributed by atoms with E-state index in [0.29, 0.717) is 22.6 Å². The minimum Gasteiger partial charge on any atom is -0.493 e. The smallest absolute Gasteiger partial charge is 0.196 e. The van der Waals surface area contributed by atoms with Gasteiger partial charge >= 0.3 is 0 Å². The lowest BCUT2D eigenvalue weighted by molar-refractivity contribution is 0.103. The lowest BCUT2D eigenvalue weighted by Gasteiger charge is -2.11. The third-order valence-electron chi connectivity index (χ3n) is 3.30. The molecule has 0 fully saturated rings. The molecule has 0 N–H and O–H groups in total. The standard InChI is InChI=1S/C17H17FO3/c1-10-7-11(2)16(13(18)8-10)17(19)12-5-6-14(20-3)15(9-12)21-4/h5-9H,1-4H3. The zero-order chi connectivity index (χ0) is 15.6. The topological polar surface area (TPSA) is 35.5 Å². The van der Waals surface area contributed by atoms with Crippen LogP contribution in [-0.2, 0) is 0 Å². The van der Waals surface area contributed by atoms with Gasteiger partial charge < -0.3 is 9.47 Å². The van der Waals surface area contributed by atoms with Crippen molar-refractivity contribution in [1.29, 1.82) is 0 Å². The van der Waals surface area contributed by atoms with Gasteiger partial charge in [-0.2, -0.15) is 0 Å². The van der Waals surface area contributed by atoms with Crippen molar-refractivity contribution in [2.75, 3.05) is 14.2 Å². The molecule has 0 aliphatic carbocycles. The van der Waals surface area contributed by atoms with E-state index in [4.69, 9.17) is 9.47 Å². The Bertz CT molecular complexity index is 669. The molecule has 4 heteroatoms. The number of hydrogen-bond donors (Lipinski definition) is 0. The summed E-state index contributed by atoms with van der Waals surface area (Å²) >= 11 is 0. The third kappa shape index (κ3) is 2.89. The molecule has 0 bridgehead atoms. The predicted molar refractivity (Wildman–Crippen MR) is 78.9 cm³/mol. The Morgan fingerprint density at radius 2 is 1.67 bits per heavy atom. The first-order valence-electron chi connectivity index (χ1n) is 6.51. The molecule has 0 saturated carbocycles. The van der Waals surface area contributed by atoms with Crippen molar-refractivity contribution in [3.05, 3.63) is 58.4 Å². The largest absolute Gasteiger partial charge is 0.493 e. The van der Waals surface area contributed by atoms with Gasteiger partial charge in [0.25, 0.3) is 0 Å². The molecule has 0 saturated heterocycles. The number of halogens is 1. The lowest BCUT2D eigenvalue weighted by atomic mass is 9.96. The molecular formula is C17H17FO3. The molecule has 0 unspecified atom stereocenters. The average Bonchev–Trinajstić information content (AvgIpc) is 2.45. The van der Waals surface area contributed by atoms with Gasteiger partial charge in [0.1, 0.15) is 5.82 Å². The second-order valence-electron chi connectivity index (χ2n) is 4.84. The van der Waals surface area contributed by atoms with Gasteiger partial charge in [0.05, 0.1) is 19.8 Å². The highest BCUT2D eigenvalue weighted by molar-refractivity contribution is 6.10. The molecule has 2 aromatic rings. The summed E-state index contributed by atoms with van der Waals surface area (Å²) in [5.41, 5.74) is 1.85. The van der Waals surface area contributed by atoms with Gasteiger partial charge in [-0.1, -0.05) is 6.07 Å². The minimum atomic E-state index is -0.507. The summed E-state index contributed by atoms with van der Waals surface area (Å²) in [6.45, 7) is 3.52. The van der Waals surface area contributed by atoms with Crippen molar-refractivity contribution in [2.24, 2.45) is 0 Å². The summed E-state index contributed by atoms with van der Waals surface area (Å²) in [7, 11) is 3.01. The zero-order valence-corrected chi connectivity index (χ0v) is 12.5. The van der Waals surface area contributed by atoms with E-state index in [1.807, 2.05) is 0 Å². The average molecular weight is 288 g/mol. The van der Waals surface area contributed by atoms with Crippen molar-refractivity contribution < 1.29 is 18.7 Å².